The van der Waals surface area contributed by atoms with E-state index in [-0.39, 0.29) is 0 Å². The third-order valence-electron chi connectivity index (χ3n) is 2.60. The molecule has 3 unspecified atom stereocenters. The number of rotatable bonds is 3. The lowest BCUT2D eigenvalue weighted by Gasteiger charge is -2.29. The summed E-state index contributed by atoms with van der Waals surface area (Å²) in [7, 11) is 0. The van der Waals surface area contributed by atoms with E-state index in [9.17, 15) is 0 Å². The van der Waals surface area contributed by atoms with Crippen molar-refractivity contribution in [3.63, 3.8) is 0 Å². The molecule has 0 amide bonds. The highest BCUT2D eigenvalue weighted by Gasteiger charge is 2.24. The number of halogens is 1. The average molecular weight is 235 g/mol. The van der Waals surface area contributed by atoms with Crippen molar-refractivity contribution >= 4 is 15.9 Å². The largest absolute Gasteiger partial charge is 0.374 e. The predicted molar refractivity (Wildman–Crippen MR) is 55.8 cm³/mol. The Bertz CT molecular complexity index is 127. The molecule has 0 saturated heterocycles. The van der Waals surface area contributed by atoms with Crippen LogP contribution in [0, 0.1) is 0 Å². The lowest BCUT2D eigenvalue weighted by atomic mass is 9.97. The highest BCUT2D eigenvalue weighted by atomic mass is 79.9. The molecule has 1 rings (SSSR count). The maximum absolute atomic E-state index is 5.91. The topological polar surface area (TPSA) is 9.23 Å². The van der Waals surface area contributed by atoms with Gasteiger partial charge in [0, 0.05) is 4.83 Å². The van der Waals surface area contributed by atoms with Crippen LogP contribution in [-0.2, 0) is 4.74 Å². The van der Waals surface area contributed by atoms with Gasteiger partial charge in [-0.1, -0.05) is 35.7 Å². The van der Waals surface area contributed by atoms with Gasteiger partial charge in [0.2, 0.25) is 0 Å². The minimum absolute atomic E-state index is 0.424. The fraction of sp³-hybridized carbons (Fsp3) is 1.00. The van der Waals surface area contributed by atoms with E-state index in [1.165, 1.54) is 25.7 Å². The summed E-state index contributed by atoms with van der Waals surface area (Å²) in [4.78, 5) is 0.597. The molecule has 12 heavy (non-hydrogen) atoms. The number of hydrogen-bond donors (Lipinski definition) is 0. The summed E-state index contributed by atoms with van der Waals surface area (Å²) >= 11 is 3.69. The van der Waals surface area contributed by atoms with Crippen LogP contribution in [0.2, 0.25) is 0 Å². The first-order chi connectivity index (χ1) is 5.74. The van der Waals surface area contributed by atoms with Crippen LogP contribution in [0.4, 0.5) is 0 Å². The summed E-state index contributed by atoms with van der Waals surface area (Å²) in [5, 5.41) is 0. The smallest absolute Gasteiger partial charge is 0.0703 e. The Labute approximate surface area is 84.0 Å². The Morgan fingerprint density at radius 2 is 2.08 bits per heavy atom. The van der Waals surface area contributed by atoms with Gasteiger partial charge >= 0.3 is 0 Å². The lowest BCUT2D eigenvalue weighted by molar-refractivity contribution is -0.0172. The third kappa shape index (κ3) is 3.06. The first-order valence-electron chi connectivity index (χ1n) is 5.03. The van der Waals surface area contributed by atoms with Crippen LogP contribution in [0.25, 0.3) is 0 Å². The van der Waals surface area contributed by atoms with Gasteiger partial charge in [0.25, 0.3) is 0 Å². The van der Waals surface area contributed by atoms with Crippen molar-refractivity contribution in [3.05, 3.63) is 0 Å². The average Bonchev–Trinajstić information content (AvgIpc) is 2.09. The normalized spacial score (nSPS) is 33.2. The zero-order valence-electron chi connectivity index (χ0n) is 8.05. The van der Waals surface area contributed by atoms with E-state index >= 15 is 0 Å². The van der Waals surface area contributed by atoms with Crippen molar-refractivity contribution in [1.29, 1.82) is 0 Å². The van der Waals surface area contributed by atoms with Gasteiger partial charge in [-0.05, 0) is 26.2 Å². The molecule has 2 heteroatoms. The molecule has 1 aliphatic rings. The summed E-state index contributed by atoms with van der Waals surface area (Å²) < 4.78 is 5.91. The number of ether oxygens (including phenoxy) is 1. The Hall–Kier alpha value is 0.440. The molecular formula is C10H19BrO. The first kappa shape index (κ1) is 10.5. The van der Waals surface area contributed by atoms with Crippen LogP contribution < -0.4 is 0 Å². The summed E-state index contributed by atoms with van der Waals surface area (Å²) in [5.74, 6) is 0. The fourth-order valence-corrected chi connectivity index (χ4v) is 2.31. The van der Waals surface area contributed by atoms with Gasteiger partial charge in [-0.15, -0.1) is 0 Å². The molecule has 1 nitrogen and oxygen atoms in total. The lowest BCUT2D eigenvalue weighted by Crippen LogP contribution is -2.30. The number of alkyl halides is 1. The van der Waals surface area contributed by atoms with Crippen molar-refractivity contribution in [3.8, 4) is 0 Å². The van der Waals surface area contributed by atoms with Gasteiger partial charge < -0.3 is 4.74 Å². The Morgan fingerprint density at radius 3 is 2.67 bits per heavy atom. The van der Waals surface area contributed by atoms with Crippen LogP contribution in [0.5, 0.6) is 0 Å². The van der Waals surface area contributed by atoms with Crippen LogP contribution in [0.3, 0.4) is 0 Å². The van der Waals surface area contributed by atoms with Crippen LogP contribution in [0.15, 0.2) is 0 Å². The van der Waals surface area contributed by atoms with E-state index in [1.54, 1.807) is 0 Å². The Kier molecular flexibility index (Phi) is 4.59. The van der Waals surface area contributed by atoms with Gasteiger partial charge in [0.05, 0.1) is 12.2 Å². The van der Waals surface area contributed by atoms with Crippen LogP contribution >= 0.6 is 15.9 Å². The molecule has 0 heterocycles. The van der Waals surface area contributed by atoms with Gasteiger partial charge in [-0.3, -0.25) is 0 Å². The van der Waals surface area contributed by atoms with Crippen molar-refractivity contribution in [1.82, 2.24) is 0 Å². The Morgan fingerprint density at radius 1 is 1.42 bits per heavy atom. The highest BCUT2D eigenvalue weighted by molar-refractivity contribution is 9.09. The summed E-state index contributed by atoms with van der Waals surface area (Å²) in [6.07, 6.45) is 7.22. The quantitative estimate of drug-likeness (QED) is 0.680. The van der Waals surface area contributed by atoms with E-state index in [0.29, 0.717) is 17.0 Å². The second-order valence-corrected chi connectivity index (χ2v) is 4.87. The van der Waals surface area contributed by atoms with Crippen molar-refractivity contribution in [2.24, 2.45) is 0 Å². The molecule has 1 saturated carbocycles. The van der Waals surface area contributed by atoms with Crippen LogP contribution in [-0.4, -0.2) is 17.0 Å². The van der Waals surface area contributed by atoms with Gasteiger partial charge in [-0.25, -0.2) is 0 Å². The van der Waals surface area contributed by atoms with Crippen molar-refractivity contribution in [2.75, 3.05) is 0 Å². The standard InChI is InChI=1S/C10H19BrO/c1-3-8(2)12-10-7-5-4-6-9(10)11/h8-10H,3-7H2,1-2H3. The maximum Gasteiger partial charge on any atom is 0.0703 e. The molecule has 1 aliphatic carbocycles. The molecule has 3 atom stereocenters. The van der Waals surface area contributed by atoms with Gasteiger partial charge in [0.1, 0.15) is 0 Å². The molecule has 0 aliphatic heterocycles. The van der Waals surface area contributed by atoms with Gasteiger partial charge in [-0.2, -0.15) is 0 Å². The van der Waals surface area contributed by atoms with Gasteiger partial charge in [0.15, 0.2) is 0 Å². The van der Waals surface area contributed by atoms with E-state index in [0.717, 1.165) is 6.42 Å². The molecule has 0 bridgehead atoms. The number of hydrogen-bond acceptors (Lipinski definition) is 1. The van der Waals surface area contributed by atoms with Crippen molar-refractivity contribution in [2.45, 2.75) is 63.0 Å². The minimum atomic E-state index is 0.424. The van der Waals surface area contributed by atoms with E-state index in [4.69, 9.17) is 4.74 Å². The molecule has 0 radical (unpaired) electrons. The molecule has 0 aromatic heterocycles. The zero-order valence-corrected chi connectivity index (χ0v) is 9.64. The summed E-state index contributed by atoms with van der Waals surface area (Å²) in [6, 6.07) is 0. The second-order valence-electron chi connectivity index (χ2n) is 3.69. The SMILES string of the molecule is CCC(C)OC1CCCCC1Br. The molecule has 0 aromatic carbocycles. The highest BCUT2D eigenvalue weighted by Crippen LogP contribution is 2.27. The van der Waals surface area contributed by atoms with E-state index in [2.05, 4.69) is 29.8 Å². The van der Waals surface area contributed by atoms with Crippen LogP contribution in [0.1, 0.15) is 46.0 Å². The molecular weight excluding hydrogens is 216 g/mol. The molecule has 72 valence electrons. The molecule has 0 spiro atoms. The minimum Gasteiger partial charge on any atom is -0.374 e. The molecule has 0 N–H and O–H groups in total. The third-order valence-corrected chi connectivity index (χ3v) is 3.65. The maximum atomic E-state index is 5.91. The molecule has 0 aromatic rings. The second kappa shape index (κ2) is 5.23. The fourth-order valence-electron chi connectivity index (χ4n) is 1.60. The summed E-state index contributed by atoms with van der Waals surface area (Å²) in [5.41, 5.74) is 0. The van der Waals surface area contributed by atoms with E-state index < -0.39 is 0 Å². The zero-order chi connectivity index (χ0) is 8.97. The van der Waals surface area contributed by atoms with E-state index in [1.807, 2.05) is 0 Å². The first-order valence-corrected chi connectivity index (χ1v) is 5.95. The Balaban J connectivity index is 2.28. The monoisotopic (exact) mass is 234 g/mol. The molecule has 1 fully saturated rings. The predicted octanol–water partition coefficient (Wildman–Crippen LogP) is 3.51. The summed E-state index contributed by atoms with van der Waals surface area (Å²) in [6.45, 7) is 4.34. The van der Waals surface area contributed by atoms with Crippen molar-refractivity contribution < 1.29 is 4.74 Å².